The van der Waals surface area contributed by atoms with Gasteiger partial charge in [0.15, 0.2) is 0 Å². The van der Waals surface area contributed by atoms with Crippen molar-refractivity contribution in [2.45, 2.75) is 6.42 Å². The van der Waals surface area contributed by atoms with Crippen LogP contribution in [-0.4, -0.2) is 49.5 Å². The van der Waals surface area contributed by atoms with Crippen LogP contribution in [0.25, 0.3) is 0 Å². The first-order valence-electron chi connectivity index (χ1n) is 7.82. The molecule has 1 aromatic carbocycles. The number of carbonyl (C=O) groups excluding carboxylic acids is 1. The SMILES string of the molecule is CN(C)CCNC(=O)c1ccnc(NCCc2ccccc2)c1. The van der Waals surface area contributed by atoms with Crippen LogP contribution in [-0.2, 0) is 6.42 Å². The first kappa shape index (κ1) is 17.0. The summed E-state index contributed by atoms with van der Waals surface area (Å²) in [5.74, 6) is 0.654. The van der Waals surface area contributed by atoms with E-state index in [4.69, 9.17) is 0 Å². The number of nitrogens with one attached hydrogen (secondary N) is 2. The second-order valence-electron chi connectivity index (χ2n) is 5.65. The van der Waals surface area contributed by atoms with Crippen LogP contribution in [0, 0.1) is 0 Å². The standard InChI is InChI=1S/C18H24N4O/c1-22(2)13-12-21-18(23)16-9-11-20-17(14-16)19-10-8-15-6-4-3-5-7-15/h3-7,9,11,14H,8,10,12-13H2,1-2H3,(H,19,20)(H,21,23). The molecule has 1 amide bonds. The monoisotopic (exact) mass is 312 g/mol. The van der Waals surface area contributed by atoms with Crippen LogP contribution in [0.2, 0.25) is 0 Å². The van der Waals surface area contributed by atoms with E-state index in [0.717, 1.165) is 25.3 Å². The number of rotatable bonds is 8. The van der Waals surface area contributed by atoms with Crippen LogP contribution in [0.1, 0.15) is 15.9 Å². The predicted octanol–water partition coefficient (Wildman–Crippen LogP) is 2.03. The minimum atomic E-state index is -0.0691. The number of pyridine rings is 1. The van der Waals surface area contributed by atoms with E-state index >= 15 is 0 Å². The minimum absolute atomic E-state index is 0.0691. The molecule has 23 heavy (non-hydrogen) atoms. The summed E-state index contributed by atoms with van der Waals surface area (Å²) >= 11 is 0. The van der Waals surface area contributed by atoms with Gasteiger partial charge in [-0.15, -0.1) is 0 Å². The summed E-state index contributed by atoms with van der Waals surface area (Å²) in [5.41, 5.74) is 1.90. The molecule has 0 bridgehead atoms. The van der Waals surface area contributed by atoms with Gasteiger partial charge in [0.25, 0.3) is 5.91 Å². The Balaban J connectivity index is 1.83. The fraction of sp³-hybridized carbons (Fsp3) is 0.333. The number of aromatic nitrogens is 1. The highest BCUT2D eigenvalue weighted by atomic mass is 16.1. The molecule has 5 heteroatoms. The summed E-state index contributed by atoms with van der Waals surface area (Å²) in [7, 11) is 3.96. The Kier molecular flexibility index (Phi) is 6.56. The molecule has 2 aromatic rings. The Morgan fingerprint density at radius 1 is 1.13 bits per heavy atom. The molecule has 1 aromatic heterocycles. The van der Waals surface area contributed by atoms with Crippen LogP contribution in [0.4, 0.5) is 5.82 Å². The lowest BCUT2D eigenvalue weighted by Gasteiger charge is -2.11. The smallest absolute Gasteiger partial charge is 0.251 e. The third kappa shape index (κ3) is 6.08. The average Bonchev–Trinajstić information content (AvgIpc) is 2.56. The van der Waals surface area contributed by atoms with E-state index < -0.39 is 0 Å². The van der Waals surface area contributed by atoms with Gasteiger partial charge in [-0.1, -0.05) is 30.3 Å². The van der Waals surface area contributed by atoms with Gasteiger partial charge in [0.1, 0.15) is 5.82 Å². The zero-order valence-electron chi connectivity index (χ0n) is 13.7. The lowest BCUT2D eigenvalue weighted by molar-refractivity contribution is 0.0951. The lowest BCUT2D eigenvalue weighted by Crippen LogP contribution is -2.31. The van der Waals surface area contributed by atoms with Crippen molar-refractivity contribution in [2.24, 2.45) is 0 Å². The second-order valence-corrected chi connectivity index (χ2v) is 5.65. The number of carbonyl (C=O) groups is 1. The van der Waals surface area contributed by atoms with Gasteiger partial charge >= 0.3 is 0 Å². The second kappa shape index (κ2) is 8.90. The van der Waals surface area contributed by atoms with Gasteiger partial charge in [0.2, 0.25) is 0 Å². The maximum Gasteiger partial charge on any atom is 0.251 e. The molecule has 0 fully saturated rings. The first-order valence-corrected chi connectivity index (χ1v) is 7.82. The van der Waals surface area contributed by atoms with Crippen molar-refractivity contribution in [2.75, 3.05) is 39.0 Å². The fourth-order valence-electron chi connectivity index (χ4n) is 2.14. The third-order valence-corrected chi connectivity index (χ3v) is 3.43. The van der Waals surface area contributed by atoms with Gasteiger partial charge in [-0.2, -0.15) is 0 Å². The van der Waals surface area contributed by atoms with E-state index in [2.05, 4.69) is 27.8 Å². The van der Waals surface area contributed by atoms with Crippen LogP contribution >= 0.6 is 0 Å². The quantitative estimate of drug-likeness (QED) is 0.783. The van der Waals surface area contributed by atoms with Crippen LogP contribution in [0.15, 0.2) is 48.7 Å². The van der Waals surface area contributed by atoms with Gasteiger partial charge in [0.05, 0.1) is 0 Å². The van der Waals surface area contributed by atoms with Gasteiger partial charge < -0.3 is 15.5 Å². The van der Waals surface area contributed by atoms with Crippen molar-refractivity contribution >= 4 is 11.7 Å². The summed E-state index contributed by atoms with van der Waals surface area (Å²) in [6.07, 6.45) is 2.58. The summed E-state index contributed by atoms with van der Waals surface area (Å²) in [5, 5.41) is 6.17. The third-order valence-electron chi connectivity index (χ3n) is 3.43. The van der Waals surface area contributed by atoms with Gasteiger partial charge in [0, 0.05) is 31.4 Å². The number of anilines is 1. The number of hydrogen-bond donors (Lipinski definition) is 2. The Morgan fingerprint density at radius 2 is 1.91 bits per heavy atom. The van der Waals surface area contributed by atoms with E-state index in [1.54, 1.807) is 18.3 Å². The highest BCUT2D eigenvalue weighted by Gasteiger charge is 2.06. The fourth-order valence-corrected chi connectivity index (χ4v) is 2.14. The molecule has 0 aliphatic rings. The molecular formula is C18H24N4O. The van der Waals surface area contributed by atoms with Gasteiger partial charge in [-0.25, -0.2) is 4.98 Å². The van der Waals surface area contributed by atoms with Crippen molar-refractivity contribution in [1.29, 1.82) is 0 Å². The first-order chi connectivity index (χ1) is 11.1. The predicted molar refractivity (Wildman–Crippen MR) is 93.8 cm³/mol. The van der Waals surface area contributed by atoms with Crippen LogP contribution in [0.5, 0.6) is 0 Å². The Labute approximate surface area is 137 Å². The molecule has 0 saturated carbocycles. The number of amides is 1. The van der Waals surface area contributed by atoms with Crippen LogP contribution < -0.4 is 10.6 Å². The van der Waals surface area contributed by atoms with Gasteiger partial charge in [-0.05, 0) is 38.2 Å². The normalized spacial score (nSPS) is 10.6. The topological polar surface area (TPSA) is 57.3 Å². The van der Waals surface area contributed by atoms with Crippen molar-refractivity contribution in [1.82, 2.24) is 15.2 Å². The summed E-state index contributed by atoms with van der Waals surface area (Å²) < 4.78 is 0. The number of benzene rings is 1. The Bertz CT molecular complexity index is 613. The van der Waals surface area contributed by atoms with Gasteiger partial charge in [-0.3, -0.25) is 4.79 Å². The molecule has 0 unspecified atom stereocenters. The maximum absolute atomic E-state index is 12.1. The molecule has 0 atom stereocenters. The minimum Gasteiger partial charge on any atom is -0.370 e. The zero-order valence-corrected chi connectivity index (χ0v) is 13.7. The molecule has 5 nitrogen and oxygen atoms in total. The number of hydrogen-bond acceptors (Lipinski definition) is 4. The van der Waals surface area contributed by atoms with Crippen molar-refractivity contribution in [3.8, 4) is 0 Å². The molecule has 2 rings (SSSR count). The number of nitrogens with zero attached hydrogens (tertiary/aromatic N) is 2. The van der Waals surface area contributed by atoms with Crippen LogP contribution in [0.3, 0.4) is 0 Å². The Morgan fingerprint density at radius 3 is 2.65 bits per heavy atom. The van der Waals surface area contributed by atoms with E-state index in [1.165, 1.54) is 5.56 Å². The summed E-state index contributed by atoms with van der Waals surface area (Å²) in [6, 6.07) is 13.8. The highest BCUT2D eigenvalue weighted by Crippen LogP contribution is 2.07. The summed E-state index contributed by atoms with van der Waals surface area (Å²) in [4.78, 5) is 18.4. The van der Waals surface area contributed by atoms with Crippen molar-refractivity contribution in [3.63, 3.8) is 0 Å². The molecule has 1 heterocycles. The highest BCUT2D eigenvalue weighted by molar-refractivity contribution is 5.94. The maximum atomic E-state index is 12.1. The van der Waals surface area contributed by atoms with Crippen molar-refractivity contribution < 1.29 is 4.79 Å². The number of likely N-dealkylation sites (N-methyl/N-ethyl adjacent to an activating group) is 1. The molecule has 0 aliphatic carbocycles. The van der Waals surface area contributed by atoms with E-state index in [1.807, 2.05) is 37.2 Å². The van der Waals surface area contributed by atoms with Crippen molar-refractivity contribution in [3.05, 3.63) is 59.8 Å². The molecule has 0 spiro atoms. The van der Waals surface area contributed by atoms with E-state index in [-0.39, 0.29) is 5.91 Å². The molecule has 0 aliphatic heterocycles. The largest absolute Gasteiger partial charge is 0.370 e. The summed E-state index contributed by atoms with van der Waals surface area (Å²) in [6.45, 7) is 2.23. The van der Waals surface area contributed by atoms with E-state index in [9.17, 15) is 4.79 Å². The zero-order chi connectivity index (χ0) is 16.5. The molecule has 0 radical (unpaired) electrons. The average molecular weight is 312 g/mol. The molecule has 2 N–H and O–H groups in total. The Hall–Kier alpha value is -2.40. The lowest BCUT2D eigenvalue weighted by atomic mass is 10.1. The molecule has 0 saturated heterocycles. The van der Waals surface area contributed by atoms with E-state index in [0.29, 0.717) is 12.1 Å². The molecule has 122 valence electrons. The molecular weight excluding hydrogens is 288 g/mol.